The molecule has 3 aromatic rings. The maximum absolute atomic E-state index is 4.25. The highest BCUT2D eigenvalue weighted by Crippen LogP contribution is 2.22. The Morgan fingerprint density at radius 1 is 1.19 bits per heavy atom. The van der Waals surface area contributed by atoms with Crippen LogP contribution in [-0.2, 0) is 6.54 Å². The number of fused-ring (bicyclic) bond motifs is 1. The molecule has 5 heteroatoms. The molecule has 0 aliphatic rings. The maximum Gasteiger partial charge on any atom is 0.0813 e. The Morgan fingerprint density at radius 2 is 2.19 bits per heavy atom. The lowest BCUT2D eigenvalue weighted by Crippen LogP contribution is -1.96. The van der Waals surface area contributed by atoms with Crippen molar-refractivity contribution in [2.75, 3.05) is 5.32 Å². The largest absolute Gasteiger partial charge is 0.380 e. The number of hydrogen-bond acceptors (Lipinski definition) is 5. The van der Waals surface area contributed by atoms with Gasteiger partial charge in [0.1, 0.15) is 0 Å². The fourth-order valence-electron chi connectivity index (χ4n) is 1.48. The SMILES string of the molecule is c1ncc(CNc2ccc3ncsc3c2)s1. The van der Waals surface area contributed by atoms with E-state index in [1.54, 1.807) is 22.7 Å². The van der Waals surface area contributed by atoms with E-state index >= 15 is 0 Å². The zero-order valence-corrected chi connectivity index (χ0v) is 10.0. The van der Waals surface area contributed by atoms with Crippen molar-refractivity contribution in [1.82, 2.24) is 9.97 Å². The van der Waals surface area contributed by atoms with Gasteiger partial charge in [-0.1, -0.05) is 0 Å². The van der Waals surface area contributed by atoms with E-state index in [0.717, 1.165) is 17.7 Å². The predicted octanol–water partition coefficient (Wildman–Crippen LogP) is 3.36. The summed E-state index contributed by atoms with van der Waals surface area (Å²) in [5.41, 5.74) is 5.92. The number of benzene rings is 1. The van der Waals surface area contributed by atoms with Gasteiger partial charge >= 0.3 is 0 Å². The minimum absolute atomic E-state index is 0.828. The molecule has 0 aliphatic heterocycles. The second kappa shape index (κ2) is 4.19. The molecule has 1 N–H and O–H groups in total. The van der Waals surface area contributed by atoms with Crippen molar-refractivity contribution >= 4 is 38.6 Å². The van der Waals surface area contributed by atoms with Gasteiger partial charge in [-0.3, -0.25) is 4.98 Å². The van der Waals surface area contributed by atoms with Gasteiger partial charge in [-0.2, -0.15) is 0 Å². The molecule has 0 aliphatic carbocycles. The smallest absolute Gasteiger partial charge is 0.0813 e. The van der Waals surface area contributed by atoms with Crippen LogP contribution in [0.15, 0.2) is 35.4 Å². The van der Waals surface area contributed by atoms with Crippen LogP contribution in [0.3, 0.4) is 0 Å². The molecule has 0 unspecified atom stereocenters. The fraction of sp³-hybridized carbons (Fsp3) is 0.0909. The first-order valence-electron chi connectivity index (χ1n) is 4.86. The fourth-order valence-corrected chi connectivity index (χ4v) is 2.73. The predicted molar refractivity (Wildman–Crippen MR) is 69.1 cm³/mol. The van der Waals surface area contributed by atoms with Gasteiger partial charge in [0, 0.05) is 16.8 Å². The average Bonchev–Trinajstić information content (AvgIpc) is 2.97. The van der Waals surface area contributed by atoms with Gasteiger partial charge in [0.25, 0.3) is 0 Å². The summed E-state index contributed by atoms with van der Waals surface area (Å²) in [4.78, 5) is 9.54. The molecule has 16 heavy (non-hydrogen) atoms. The van der Waals surface area contributed by atoms with E-state index in [-0.39, 0.29) is 0 Å². The zero-order chi connectivity index (χ0) is 10.8. The summed E-state index contributed by atoms with van der Waals surface area (Å²) in [5.74, 6) is 0. The van der Waals surface area contributed by atoms with Crippen LogP contribution in [0, 0.1) is 0 Å². The summed E-state index contributed by atoms with van der Waals surface area (Å²) in [6.07, 6.45) is 1.89. The minimum Gasteiger partial charge on any atom is -0.380 e. The van der Waals surface area contributed by atoms with E-state index in [2.05, 4.69) is 27.4 Å². The summed E-state index contributed by atoms with van der Waals surface area (Å²) in [6.45, 7) is 0.828. The van der Waals surface area contributed by atoms with Crippen LogP contribution in [-0.4, -0.2) is 9.97 Å². The maximum atomic E-state index is 4.25. The molecule has 0 saturated carbocycles. The highest BCUT2D eigenvalue weighted by Gasteiger charge is 1.99. The lowest BCUT2D eigenvalue weighted by Gasteiger charge is -2.03. The van der Waals surface area contributed by atoms with Crippen LogP contribution in [0.4, 0.5) is 5.69 Å². The summed E-state index contributed by atoms with van der Waals surface area (Å²) in [7, 11) is 0. The Labute approximate surface area is 101 Å². The summed E-state index contributed by atoms with van der Waals surface area (Å²) in [6, 6.07) is 6.23. The molecule has 2 aromatic heterocycles. The third kappa shape index (κ3) is 1.91. The lowest BCUT2D eigenvalue weighted by atomic mass is 10.3. The Hall–Kier alpha value is -1.46. The van der Waals surface area contributed by atoms with Gasteiger partial charge in [-0.05, 0) is 18.2 Å². The minimum atomic E-state index is 0.828. The summed E-state index contributed by atoms with van der Waals surface area (Å²) in [5, 5.41) is 3.38. The molecule has 1 aromatic carbocycles. The topological polar surface area (TPSA) is 37.8 Å². The molecule has 0 radical (unpaired) electrons. The highest BCUT2D eigenvalue weighted by atomic mass is 32.1. The Morgan fingerprint density at radius 3 is 3.06 bits per heavy atom. The van der Waals surface area contributed by atoms with Crippen molar-refractivity contribution in [3.05, 3.63) is 40.3 Å². The van der Waals surface area contributed by atoms with E-state index < -0.39 is 0 Å². The molecule has 0 spiro atoms. The Balaban J connectivity index is 1.78. The third-order valence-electron chi connectivity index (χ3n) is 2.28. The van der Waals surface area contributed by atoms with Gasteiger partial charge in [-0.15, -0.1) is 22.7 Å². The zero-order valence-electron chi connectivity index (χ0n) is 8.38. The number of thiazole rings is 2. The van der Waals surface area contributed by atoms with Gasteiger partial charge in [0.05, 0.1) is 27.8 Å². The van der Waals surface area contributed by atoms with Crippen molar-refractivity contribution in [3.63, 3.8) is 0 Å². The molecule has 3 rings (SSSR count). The molecule has 0 fully saturated rings. The van der Waals surface area contributed by atoms with Gasteiger partial charge in [-0.25, -0.2) is 4.98 Å². The molecular formula is C11H9N3S2. The number of hydrogen-bond donors (Lipinski definition) is 1. The Kier molecular flexibility index (Phi) is 2.55. The van der Waals surface area contributed by atoms with Crippen molar-refractivity contribution < 1.29 is 0 Å². The van der Waals surface area contributed by atoms with Gasteiger partial charge in [0.15, 0.2) is 0 Å². The van der Waals surface area contributed by atoms with Crippen LogP contribution < -0.4 is 5.32 Å². The number of anilines is 1. The lowest BCUT2D eigenvalue weighted by molar-refractivity contribution is 1.18. The van der Waals surface area contributed by atoms with Crippen LogP contribution >= 0.6 is 22.7 Å². The highest BCUT2D eigenvalue weighted by molar-refractivity contribution is 7.16. The monoisotopic (exact) mass is 247 g/mol. The quantitative estimate of drug-likeness (QED) is 0.771. The van der Waals surface area contributed by atoms with Gasteiger partial charge in [0.2, 0.25) is 0 Å². The molecule has 0 bridgehead atoms. The number of nitrogens with zero attached hydrogens (tertiary/aromatic N) is 2. The molecule has 0 atom stereocenters. The molecule has 80 valence electrons. The van der Waals surface area contributed by atoms with E-state index in [9.17, 15) is 0 Å². The van der Waals surface area contributed by atoms with Crippen molar-refractivity contribution in [3.8, 4) is 0 Å². The number of rotatable bonds is 3. The van der Waals surface area contributed by atoms with E-state index in [0.29, 0.717) is 0 Å². The van der Waals surface area contributed by atoms with E-state index in [4.69, 9.17) is 0 Å². The second-order valence-electron chi connectivity index (χ2n) is 3.36. The van der Waals surface area contributed by atoms with Crippen LogP contribution in [0.1, 0.15) is 4.88 Å². The first-order valence-corrected chi connectivity index (χ1v) is 6.62. The van der Waals surface area contributed by atoms with Gasteiger partial charge < -0.3 is 5.32 Å². The summed E-state index contributed by atoms with van der Waals surface area (Å²) < 4.78 is 1.22. The van der Waals surface area contributed by atoms with Crippen LogP contribution in [0.5, 0.6) is 0 Å². The third-order valence-corrected chi connectivity index (χ3v) is 3.85. The molecule has 0 amide bonds. The molecule has 3 nitrogen and oxygen atoms in total. The first kappa shape index (κ1) is 9.74. The van der Waals surface area contributed by atoms with E-state index in [1.165, 1.54) is 9.58 Å². The average molecular weight is 247 g/mol. The standard InChI is InChI=1S/C11H9N3S2/c1-2-10-11(16-7-14-10)3-8(1)13-5-9-4-12-6-15-9/h1-4,6-7,13H,5H2. The van der Waals surface area contributed by atoms with E-state index in [1.807, 2.05) is 23.3 Å². The van der Waals surface area contributed by atoms with Crippen molar-refractivity contribution in [2.45, 2.75) is 6.54 Å². The van der Waals surface area contributed by atoms with Crippen molar-refractivity contribution in [2.24, 2.45) is 0 Å². The van der Waals surface area contributed by atoms with Crippen LogP contribution in [0.25, 0.3) is 10.2 Å². The number of aromatic nitrogens is 2. The van der Waals surface area contributed by atoms with Crippen LogP contribution in [0.2, 0.25) is 0 Å². The molecular weight excluding hydrogens is 238 g/mol. The normalized spacial score (nSPS) is 10.8. The second-order valence-corrected chi connectivity index (χ2v) is 5.21. The van der Waals surface area contributed by atoms with Crippen molar-refractivity contribution in [1.29, 1.82) is 0 Å². The first-order chi connectivity index (χ1) is 7.92. The molecule has 2 heterocycles. The summed E-state index contributed by atoms with van der Waals surface area (Å²) >= 11 is 3.33. The number of nitrogens with one attached hydrogen (secondary N) is 1. The molecule has 0 saturated heterocycles. The Bertz CT molecular complexity index is 586.